The van der Waals surface area contributed by atoms with E-state index in [1.165, 1.54) is 12.1 Å². The number of fused-ring (bicyclic) bond motifs is 1. The normalized spacial score (nSPS) is 15.3. The Morgan fingerprint density at radius 1 is 1.13 bits per heavy atom. The lowest BCUT2D eigenvalue weighted by Gasteiger charge is -2.32. The standard InChI is InChI=1S/C23H22F3N3O2/c1-14-9-11-29(12-10-14)16-7-5-15(6-8-16)28-20-17-3-2-4-19(23(24,25)26)21(17)27-13-18(20)22(30)31/h2-8,13-14H,9-12H2,1H3,(H,27,28)(H,30,31). The van der Waals surface area contributed by atoms with Crippen LogP contribution in [0.1, 0.15) is 35.7 Å². The Hall–Kier alpha value is -3.29. The summed E-state index contributed by atoms with van der Waals surface area (Å²) in [6.45, 7) is 4.20. The molecule has 2 N–H and O–H groups in total. The van der Waals surface area contributed by atoms with Crippen LogP contribution in [0.4, 0.5) is 30.2 Å². The van der Waals surface area contributed by atoms with Gasteiger partial charge < -0.3 is 15.3 Å². The van der Waals surface area contributed by atoms with Crippen molar-refractivity contribution in [2.24, 2.45) is 5.92 Å². The molecule has 1 aromatic heterocycles. The monoisotopic (exact) mass is 429 g/mol. The SMILES string of the molecule is CC1CCN(c2ccc(Nc3c(C(=O)O)cnc4c(C(F)(F)F)cccc34)cc2)CC1. The Morgan fingerprint density at radius 3 is 2.42 bits per heavy atom. The molecular formula is C23H22F3N3O2. The number of alkyl halides is 3. The minimum Gasteiger partial charge on any atom is -0.478 e. The zero-order valence-electron chi connectivity index (χ0n) is 16.9. The highest BCUT2D eigenvalue weighted by atomic mass is 19.4. The molecule has 4 rings (SSSR count). The summed E-state index contributed by atoms with van der Waals surface area (Å²) in [6.07, 6.45) is -1.37. The van der Waals surface area contributed by atoms with Gasteiger partial charge in [-0.1, -0.05) is 19.1 Å². The zero-order chi connectivity index (χ0) is 22.2. The summed E-state index contributed by atoms with van der Waals surface area (Å²) in [7, 11) is 0. The van der Waals surface area contributed by atoms with E-state index < -0.39 is 17.7 Å². The third kappa shape index (κ3) is 4.28. The number of pyridine rings is 1. The predicted molar refractivity (Wildman–Crippen MR) is 114 cm³/mol. The fourth-order valence-corrected chi connectivity index (χ4v) is 3.92. The molecule has 0 spiro atoms. The third-order valence-electron chi connectivity index (χ3n) is 5.72. The van der Waals surface area contributed by atoms with E-state index in [9.17, 15) is 23.1 Å². The summed E-state index contributed by atoms with van der Waals surface area (Å²) in [5.41, 5.74) is 0.349. The van der Waals surface area contributed by atoms with E-state index in [4.69, 9.17) is 0 Å². The predicted octanol–water partition coefficient (Wildman–Crippen LogP) is 5.93. The highest BCUT2D eigenvalue weighted by Gasteiger charge is 2.34. The number of rotatable bonds is 4. The number of benzene rings is 2. The molecule has 0 bridgehead atoms. The number of halogens is 3. The third-order valence-corrected chi connectivity index (χ3v) is 5.72. The fraction of sp³-hybridized carbons (Fsp3) is 0.304. The van der Waals surface area contributed by atoms with Crippen LogP contribution in [0.3, 0.4) is 0 Å². The summed E-state index contributed by atoms with van der Waals surface area (Å²) in [5, 5.41) is 12.7. The van der Waals surface area contributed by atoms with E-state index in [-0.39, 0.29) is 22.2 Å². The minimum absolute atomic E-state index is 0.0862. The number of aromatic nitrogens is 1. The molecule has 8 heteroatoms. The second kappa shape index (κ2) is 8.09. The van der Waals surface area contributed by atoms with E-state index in [0.717, 1.165) is 43.9 Å². The molecule has 1 fully saturated rings. The van der Waals surface area contributed by atoms with Crippen LogP contribution in [-0.4, -0.2) is 29.1 Å². The molecule has 0 saturated carbocycles. The van der Waals surface area contributed by atoms with Crippen molar-refractivity contribution >= 4 is 33.9 Å². The van der Waals surface area contributed by atoms with Crippen LogP contribution >= 0.6 is 0 Å². The van der Waals surface area contributed by atoms with Crippen molar-refractivity contribution < 1.29 is 23.1 Å². The molecule has 0 amide bonds. The number of anilines is 3. The maximum Gasteiger partial charge on any atom is 0.418 e. The summed E-state index contributed by atoms with van der Waals surface area (Å²) < 4.78 is 40.2. The molecule has 162 valence electrons. The van der Waals surface area contributed by atoms with Gasteiger partial charge >= 0.3 is 12.1 Å². The van der Waals surface area contributed by atoms with Gasteiger partial charge in [0, 0.05) is 36.0 Å². The fourth-order valence-electron chi connectivity index (χ4n) is 3.92. The number of aromatic carboxylic acids is 1. The molecule has 0 unspecified atom stereocenters. The maximum atomic E-state index is 13.4. The number of carbonyl (C=O) groups is 1. The molecule has 3 aromatic rings. The first-order valence-corrected chi connectivity index (χ1v) is 10.1. The van der Waals surface area contributed by atoms with Gasteiger partial charge in [0.1, 0.15) is 5.56 Å². The van der Waals surface area contributed by atoms with Crippen molar-refractivity contribution in [2.75, 3.05) is 23.3 Å². The Morgan fingerprint density at radius 2 is 1.81 bits per heavy atom. The smallest absolute Gasteiger partial charge is 0.418 e. The van der Waals surface area contributed by atoms with Gasteiger partial charge in [-0.3, -0.25) is 4.98 Å². The molecule has 1 aliphatic heterocycles. The van der Waals surface area contributed by atoms with Gasteiger partial charge in [0.25, 0.3) is 0 Å². The van der Waals surface area contributed by atoms with E-state index in [1.807, 2.05) is 12.1 Å². The van der Waals surface area contributed by atoms with Gasteiger partial charge in [0.15, 0.2) is 0 Å². The first kappa shape index (κ1) is 21.0. The molecule has 1 aliphatic rings. The van der Waals surface area contributed by atoms with Crippen molar-refractivity contribution in [1.82, 2.24) is 4.98 Å². The molecule has 2 aromatic carbocycles. The van der Waals surface area contributed by atoms with Crippen molar-refractivity contribution in [2.45, 2.75) is 25.9 Å². The highest BCUT2D eigenvalue weighted by molar-refractivity contribution is 6.06. The van der Waals surface area contributed by atoms with Crippen molar-refractivity contribution in [3.63, 3.8) is 0 Å². The van der Waals surface area contributed by atoms with Crippen LogP contribution in [0, 0.1) is 5.92 Å². The maximum absolute atomic E-state index is 13.4. The number of carboxylic acids is 1. The van der Waals surface area contributed by atoms with Crippen LogP contribution in [0.5, 0.6) is 0 Å². The van der Waals surface area contributed by atoms with E-state index in [0.29, 0.717) is 11.6 Å². The number of nitrogens with zero attached hydrogens (tertiary/aromatic N) is 2. The zero-order valence-corrected chi connectivity index (χ0v) is 16.9. The first-order valence-electron chi connectivity index (χ1n) is 10.1. The lowest BCUT2D eigenvalue weighted by molar-refractivity contribution is -0.136. The number of nitrogens with one attached hydrogen (secondary N) is 1. The van der Waals surface area contributed by atoms with Gasteiger partial charge in [-0.2, -0.15) is 13.2 Å². The molecular weight excluding hydrogens is 407 g/mol. The molecule has 31 heavy (non-hydrogen) atoms. The Balaban J connectivity index is 1.70. The van der Waals surface area contributed by atoms with Crippen LogP contribution in [-0.2, 0) is 6.18 Å². The van der Waals surface area contributed by atoms with E-state index >= 15 is 0 Å². The van der Waals surface area contributed by atoms with Crippen LogP contribution < -0.4 is 10.2 Å². The number of piperidine rings is 1. The van der Waals surface area contributed by atoms with E-state index in [1.54, 1.807) is 12.1 Å². The first-order chi connectivity index (χ1) is 14.7. The van der Waals surface area contributed by atoms with E-state index in [2.05, 4.69) is 22.1 Å². The van der Waals surface area contributed by atoms with Gasteiger partial charge in [0.05, 0.1) is 16.8 Å². The lowest BCUT2D eigenvalue weighted by atomic mass is 9.99. The number of hydrogen-bond donors (Lipinski definition) is 2. The average molecular weight is 429 g/mol. The molecule has 0 aliphatic carbocycles. The Bertz CT molecular complexity index is 1110. The summed E-state index contributed by atoms with van der Waals surface area (Å²) in [5.74, 6) is -0.554. The summed E-state index contributed by atoms with van der Waals surface area (Å²) in [6, 6.07) is 11.1. The summed E-state index contributed by atoms with van der Waals surface area (Å²) >= 11 is 0. The van der Waals surface area contributed by atoms with Gasteiger partial charge in [-0.15, -0.1) is 0 Å². The highest BCUT2D eigenvalue weighted by Crippen LogP contribution is 2.38. The number of hydrogen-bond acceptors (Lipinski definition) is 4. The number of para-hydroxylation sites is 1. The van der Waals surface area contributed by atoms with Crippen LogP contribution in [0.2, 0.25) is 0 Å². The van der Waals surface area contributed by atoms with Crippen LogP contribution in [0.15, 0.2) is 48.7 Å². The quantitative estimate of drug-likeness (QED) is 0.538. The Kier molecular flexibility index (Phi) is 5.47. The summed E-state index contributed by atoms with van der Waals surface area (Å²) in [4.78, 5) is 17.8. The largest absolute Gasteiger partial charge is 0.478 e. The lowest BCUT2D eigenvalue weighted by Crippen LogP contribution is -2.32. The molecule has 5 nitrogen and oxygen atoms in total. The second-order valence-electron chi connectivity index (χ2n) is 7.89. The molecule has 2 heterocycles. The van der Waals surface area contributed by atoms with Crippen molar-refractivity contribution in [3.8, 4) is 0 Å². The molecule has 0 radical (unpaired) electrons. The number of carboxylic acid groups (broad SMARTS) is 1. The van der Waals surface area contributed by atoms with Gasteiger partial charge in [-0.05, 0) is 49.1 Å². The van der Waals surface area contributed by atoms with Gasteiger partial charge in [-0.25, -0.2) is 4.79 Å². The average Bonchev–Trinajstić information content (AvgIpc) is 2.74. The second-order valence-corrected chi connectivity index (χ2v) is 7.89. The minimum atomic E-state index is -4.60. The molecule has 1 saturated heterocycles. The van der Waals surface area contributed by atoms with Crippen molar-refractivity contribution in [1.29, 1.82) is 0 Å². The molecule has 0 atom stereocenters. The van der Waals surface area contributed by atoms with Crippen LogP contribution in [0.25, 0.3) is 10.9 Å². The Labute approximate surface area is 177 Å². The van der Waals surface area contributed by atoms with Crippen molar-refractivity contribution in [3.05, 3.63) is 59.8 Å². The topological polar surface area (TPSA) is 65.5 Å². The van der Waals surface area contributed by atoms with Gasteiger partial charge in [0.2, 0.25) is 0 Å².